The fourth-order valence-electron chi connectivity index (χ4n) is 1.42. The molecule has 2 aromatic rings. The molecule has 0 bridgehead atoms. The molecule has 0 aromatic heterocycles. The van der Waals surface area contributed by atoms with Crippen molar-refractivity contribution in [2.24, 2.45) is 0 Å². The maximum atomic E-state index is 9.52. The third-order valence-corrected chi connectivity index (χ3v) is 2.32. The van der Waals surface area contributed by atoms with Gasteiger partial charge in [0.05, 0.1) is 0 Å². The standard InChI is InChI=1S/C13H12O4/c14-10-5-6-13(12(16)7-10)17-8-9-3-1-2-4-11(9)15/h1-7,14-16H,8H2. The van der Waals surface area contributed by atoms with Crippen LogP contribution in [0.15, 0.2) is 42.5 Å². The molecular formula is C13H12O4. The highest BCUT2D eigenvalue weighted by Gasteiger charge is 2.05. The van der Waals surface area contributed by atoms with Crippen molar-refractivity contribution in [3.63, 3.8) is 0 Å². The molecule has 0 aliphatic carbocycles. The van der Waals surface area contributed by atoms with E-state index in [1.54, 1.807) is 24.3 Å². The summed E-state index contributed by atoms with van der Waals surface area (Å²) in [5, 5.41) is 28.1. The Morgan fingerprint density at radius 2 is 1.65 bits per heavy atom. The minimum Gasteiger partial charge on any atom is -0.508 e. The number of benzene rings is 2. The molecule has 0 amide bonds. The molecule has 2 rings (SSSR count). The summed E-state index contributed by atoms with van der Waals surface area (Å²) in [6.45, 7) is 0.144. The van der Waals surface area contributed by atoms with Gasteiger partial charge in [0, 0.05) is 11.6 Å². The van der Waals surface area contributed by atoms with Gasteiger partial charge in [0.15, 0.2) is 11.5 Å². The summed E-state index contributed by atoms with van der Waals surface area (Å²) < 4.78 is 5.34. The number of para-hydroxylation sites is 1. The van der Waals surface area contributed by atoms with Crippen molar-refractivity contribution in [3.05, 3.63) is 48.0 Å². The van der Waals surface area contributed by atoms with Crippen LogP contribution in [0.1, 0.15) is 5.56 Å². The van der Waals surface area contributed by atoms with E-state index < -0.39 is 0 Å². The van der Waals surface area contributed by atoms with E-state index in [1.165, 1.54) is 18.2 Å². The van der Waals surface area contributed by atoms with Gasteiger partial charge < -0.3 is 20.1 Å². The van der Waals surface area contributed by atoms with Crippen molar-refractivity contribution in [2.75, 3.05) is 0 Å². The van der Waals surface area contributed by atoms with Crippen molar-refractivity contribution in [1.29, 1.82) is 0 Å². The number of hydrogen-bond donors (Lipinski definition) is 3. The quantitative estimate of drug-likeness (QED) is 0.759. The molecular weight excluding hydrogens is 220 g/mol. The number of phenols is 3. The first kappa shape index (κ1) is 11.1. The second kappa shape index (κ2) is 4.65. The number of phenolic OH excluding ortho intramolecular Hbond substituents is 3. The van der Waals surface area contributed by atoms with Crippen molar-refractivity contribution in [3.8, 4) is 23.0 Å². The molecule has 0 radical (unpaired) electrons. The van der Waals surface area contributed by atoms with E-state index in [1.807, 2.05) is 0 Å². The van der Waals surface area contributed by atoms with Gasteiger partial charge in [0.2, 0.25) is 0 Å². The maximum Gasteiger partial charge on any atom is 0.161 e. The number of ether oxygens (including phenoxy) is 1. The molecule has 4 heteroatoms. The minimum absolute atomic E-state index is 0.0302. The molecule has 0 unspecified atom stereocenters. The van der Waals surface area contributed by atoms with Crippen molar-refractivity contribution >= 4 is 0 Å². The predicted molar refractivity (Wildman–Crippen MR) is 62.2 cm³/mol. The average Bonchev–Trinajstić information content (AvgIpc) is 2.30. The highest BCUT2D eigenvalue weighted by molar-refractivity contribution is 5.44. The van der Waals surface area contributed by atoms with Crippen LogP contribution in [0.3, 0.4) is 0 Å². The van der Waals surface area contributed by atoms with E-state index in [9.17, 15) is 10.2 Å². The third kappa shape index (κ3) is 2.60. The summed E-state index contributed by atoms with van der Waals surface area (Å²) in [5.74, 6) is 0.231. The number of aromatic hydroxyl groups is 3. The van der Waals surface area contributed by atoms with Gasteiger partial charge in [-0.15, -0.1) is 0 Å². The van der Waals surface area contributed by atoms with Crippen molar-refractivity contribution in [2.45, 2.75) is 6.61 Å². The zero-order valence-electron chi connectivity index (χ0n) is 9.00. The lowest BCUT2D eigenvalue weighted by molar-refractivity contribution is 0.282. The van der Waals surface area contributed by atoms with Gasteiger partial charge in [-0.3, -0.25) is 0 Å². The van der Waals surface area contributed by atoms with Gasteiger partial charge in [-0.2, -0.15) is 0 Å². The highest BCUT2D eigenvalue weighted by Crippen LogP contribution is 2.30. The molecule has 0 spiro atoms. The Morgan fingerprint density at radius 3 is 2.35 bits per heavy atom. The first-order chi connectivity index (χ1) is 8.16. The minimum atomic E-state index is -0.138. The average molecular weight is 232 g/mol. The number of hydrogen-bond acceptors (Lipinski definition) is 4. The Morgan fingerprint density at radius 1 is 0.882 bits per heavy atom. The first-order valence-electron chi connectivity index (χ1n) is 5.08. The van der Waals surface area contributed by atoms with Crippen LogP contribution < -0.4 is 4.74 Å². The van der Waals surface area contributed by atoms with E-state index in [4.69, 9.17) is 9.84 Å². The summed E-state index contributed by atoms with van der Waals surface area (Å²) in [4.78, 5) is 0. The Bertz CT molecular complexity index is 523. The van der Waals surface area contributed by atoms with Crippen LogP contribution in [0.25, 0.3) is 0 Å². The van der Waals surface area contributed by atoms with Gasteiger partial charge in [-0.1, -0.05) is 18.2 Å². The Labute approximate surface area is 98.3 Å². The lowest BCUT2D eigenvalue weighted by atomic mass is 10.2. The molecule has 17 heavy (non-hydrogen) atoms. The number of rotatable bonds is 3. The molecule has 4 nitrogen and oxygen atoms in total. The van der Waals surface area contributed by atoms with E-state index in [2.05, 4.69) is 0 Å². The molecule has 0 heterocycles. The van der Waals surface area contributed by atoms with E-state index in [0.717, 1.165) is 0 Å². The first-order valence-corrected chi connectivity index (χ1v) is 5.08. The summed E-state index contributed by atoms with van der Waals surface area (Å²) >= 11 is 0. The predicted octanol–water partition coefficient (Wildman–Crippen LogP) is 2.38. The lowest BCUT2D eigenvalue weighted by Gasteiger charge is -2.09. The molecule has 2 aromatic carbocycles. The van der Waals surface area contributed by atoms with Crippen LogP contribution in [0.5, 0.6) is 23.0 Å². The van der Waals surface area contributed by atoms with E-state index >= 15 is 0 Å². The van der Waals surface area contributed by atoms with Gasteiger partial charge in [0.1, 0.15) is 18.1 Å². The second-order valence-corrected chi connectivity index (χ2v) is 3.57. The Balaban J connectivity index is 2.10. The van der Waals surface area contributed by atoms with Crippen LogP contribution in [0, 0.1) is 0 Å². The van der Waals surface area contributed by atoms with Gasteiger partial charge in [0.25, 0.3) is 0 Å². The Kier molecular flexibility index (Phi) is 3.05. The van der Waals surface area contributed by atoms with Crippen molar-refractivity contribution < 1.29 is 20.1 Å². The third-order valence-electron chi connectivity index (χ3n) is 2.32. The topological polar surface area (TPSA) is 69.9 Å². The van der Waals surface area contributed by atoms with Crippen LogP contribution in [-0.4, -0.2) is 15.3 Å². The van der Waals surface area contributed by atoms with Crippen LogP contribution >= 0.6 is 0 Å². The van der Waals surface area contributed by atoms with E-state index in [-0.39, 0.29) is 29.6 Å². The van der Waals surface area contributed by atoms with Gasteiger partial charge in [-0.05, 0) is 18.2 Å². The normalized spacial score (nSPS) is 10.1. The summed E-state index contributed by atoms with van der Waals surface area (Å²) in [7, 11) is 0. The fourth-order valence-corrected chi connectivity index (χ4v) is 1.42. The maximum absolute atomic E-state index is 9.52. The van der Waals surface area contributed by atoms with Crippen LogP contribution in [0.2, 0.25) is 0 Å². The summed E-state index contributed by atoms with van der Waals surface area (Å²) in [6, 6.07) is 10.9. The van der Waals surface area contributed by atoms with Crippen molar-refractivity contribution in [1.82, 2.24) is 0 Å². The summed E-state index contributed by atoms with van der Waals surface area (Å²) in [6.07, 6.45) is 0. The lowest BCUT2D eigenvalue weighted by Crippen LogP contribution is -1.95. The monoisotopic (exact) mass is 232 g/mol. The molecule has 0 saturated carbocycles. The molecule has 88 valence electrons. The SMILES string of the molecule is Oc1ccc(OCc2ccccc2O)c(O)c1. The molecule has 0 saturated heterocycles. The molecule has 0 atom stereocenters. The fraction of sp³-hybridized carbons (Fsp3) is 0.0769. The molecule has 0 fully saturated rings. The zero-order valence-corrected chi connectivity index (χ0v) is 9.00. The smallest absolute Gasteiger partial charge is 0.161 e. The van der Waals surface area contributed by atoms with E-state index in [0.29, 0.717) is 5.56 Å². The molecule has 0 aliphatic heterocycles. The van der Waals surface area contributed by atoms with Crippen LogP contribution in [0.4, 0.5) is 0 Å². The molecule has 3 N–H and O–H groups in total. The molecule has 0 aliphatic rings. The zero-order chi connectivity index (χ0) is 12.3. The van der Waals surface area contributed by atoms with Crippen LogP contribution in [-0.2, 0) is 6.61 Å². The van der Waals surface area contributed by atoms with Gasteiger partial charge in [-0.25, -0.2) is 0 Å². The second-order valence-electron chi connectivity index (χ2n) is 3.57. The highest BCUT2D eigenvalue weighted by atomic mass is 16.5. The Hall–Kier alpha value is -2.36. The summed E-state index contributed by atoms with van der Waals surface area (Å²) in [5.41, 5.74) is 0.625. The van der Waals surface area contributed by atoms with Gasteiger partial charge >= 0.3 is 0 Å². The largest absolute Gasteiger partial charge is 0.508 e.